The Morgan fingerprint density at radius 1 is 1.64 bits per heavy atom. The maximum absolute atomic E-state index is 10.8. The first-order valence-corrected chi connectivity index (χ1v) is 4.94. The van der Waals surface area contributed by atoms with E-state index in [4.69, 9.17) is 9.84 Å². The fourth-order valence-electron chi connectivity index (χ4n) is 1.01. The summed E-state index contributed by atoms with van der Waals surface area (Å²) in [5.74, 6) is -0.970. The van der Waals surface area contributed by atoms with Crippen LogP contribution in [-0.4, -0.2) is 39.7 Å². The molecule has 0 unspecified atom stereocenters. The minimum atomic E-state index is -0.970. The Labute approximate surface area is 84.5 Å². The van der Waals surface area contributed by atoms with E-state index in [1.165, 1.54) is 24.0 Å². The number of aromatic carboxylic acids is 1. The third-order valence-corrected chi connectivity index (χ3v) is 2.93. The van der Waals surface area contributed by atoms with Gasteiger partial charge < -0.3 is 9.84 Å². The van der Waals surface area contributed by atoms with Crippen molar-refractivity contribution >= 4 is 17.7 Å². The number of ether oxygens (including phenoxy) is 1. The maximum atomic E-state index is 10.8. The Kier molecular flexibility index (Phi) is 2.64. The second kappa shape index (κ2) is 3.93. The SMILES string of the molecule is O=C(O)c1ccnnc1SC1COC1. The molecule has 0 spiro atoms. The molecular formula is C8H8N2O3S. The fourth-order valence-corrected chi connectivity index (χ4v) is 2.03. The minimum absolute atomic E-state index is 0.205. The molecule has 0 bridgehead atoms. The van der Waals surface area contributed by atoms with E-state index in [-0.39, 0.29) is 5.56 Å². The van der Waals surface area contributed by atoms with Crippen molar-refractivity contribution in [3.63, 3.8) is 0 Å². The molecule has 0 amide bonds. The molecule has 14 heavy (non-hydrogen) atoms. The van der Waals surface area contributed by atoms with Crippen molar-refractivity contribution in [2.75, 3.05) is 13.2 Å². The number of carbonyl (C=O) groups is 1. The average Bonchev–Trinajstić information content (AvgIpc) is 2.12. The van der Waals surface area contributed by atoms with E-state index in [0.717, 1.165) is 0 Å². The van der Waals surface area contributed by atoms with Gasteiger partial charge in [-0.2, -0.15) is 5.10 Å². The van der Waals surface area contributed by atoms with Crippen LogP contribution in [0.15, 0.2) is 17.3 Å². The highest BCUT2D eigenvalue weighted by Crippen LogP contribution is 2.28. The van der Waals surface area contributed by atoms with Crippen LogP contribution < -0.4 is 0 Å². The smallest absolute Gasteiger partial charge is 0.338 e. The zero-order valence-corrected chi connectivity index (χ0v) is 8.03. The molecule has 1 fully saturated rings. The van der Waals surface area contributed by atoms with E-state index in [2.05, 4.69) is 10.2 Å². The Balaban J connectivity index is 2.17. The second-order valence-electron chi connectivity index (χ2n) is 2.83. The largest absolute Gasteiger partial charge is 0.478 e. The van der Waals surface area contributed by atoms with Gasteiger partial charge in [-0.3, -0.25) is 0 Å². The predicted molar refractivity (Wildman–Crippen MR) is 49.5 cm³/mol. The third kappa shape index (κ3) is 1.85. The number of thioether (sulfide) groups is 1. The first-order valence-electron chi connectivity index (χ1n) is 4.07. The molecule has 6 heteroatoms. The summed E-state index contributed by atoms with van der Waals surface area (Å²) in [6.45, 7) is 1.31. The summed E-state index contributed by atoms with van der Waals surface area (Å²) in [7, 11) is 0. The van der Waals surface area contributed by atoms with Crippen LogP contribution in [0.2, 0.25) is 0 Å². The molecule has 1 aliphatic rings. The highest BCUT2D eigenvalue weighted by Gasteiger charge is 2.23. The number of aromatic nitrogens is 2. The van der Waals surface area contributed by atoms with Gasteiger partial charge in [0, 0.05) is 0 Å². The Morgan fingerprint density at radius 3 is 3.00 bits per heavy atom. The van der Waals surface area contributed by atoms with Gasteiger partial charge in [0.15, 0.2) is 0 Å². The van der Waals surface area contributed by atoms with Gasteiger partial charge in [0.05, 0.1) is 30.2 Å². The van der Waals surface area contributed by atoms with Gasteiger partial charge >= 0.3 is 5.97 Å². The number of nitrogens with zero attached hydrogens (tertiary/aromatic N) is 2. The summed E-state index contributed by atoms with van der Waals surface area (Å²) in [6.07, 6.45) is 1.38. The molecule has 1 aromatic rings. The van der Waals surface area contributed by atoms with Gasteiger partial charge in [-0.25, -0.2) is 4.79 Å². The van der Waals surface area contributed by atoms with Crippen LogP contribution in [-0.2, 0) is 4.74 Å². The lowest BCUT2D eigenvalue weighted by molar-refractivity contribution is 0.0454. The van der Waals surface area contributed by atoms with Crippen molar-refractivity contribution in [2.45, 2.75) is 10.3 Å². The summed E-state index contributed by atoms with van der Waals surface area (Å²) < 4.78 is 4.99. The number of hydrogen-bond acceptors (Lipinski definition) is 5. The molecule has 0 saturated carbocycles. The molecule has 5 nitrogen and oxygen atoms in total. The standard InChI is InChI=1S/C8H8N2O3S/c11-8(12)6-1-2-9-10-7(6)14-5-3-13-4-5/h1-2,5H,3-4H2,(H,11,12). The zero-order valence-electron chi connectivity index (χ0n) is 7.21. The topological polar surface area (TPSA) is 72.3 Å². The zero-order chi connectivity index (χ0) is 9.97. The monoisotopic (exact) mass is 212 g/mol. The molecule has 1 aromatic heterocycles. The first kappa shape index (κ1) is 9.42. The molecular weight excluding hydrogens is 204 g/mol. The van der Waals surface area contributed by atoms with Crippen LogP contribution in [0, 0.1) is 0 Å². The molecule has 1 aliphatic heterocycles. The molecule has 1 saturated heterocycles. The lowest BCUT2D eigenvalue weighted by Gasteiger charge is -2.24. The summed E-state index contributed by atoms with van der Waals surface area (Å²) in [4.78, 5) is 10.8. The van der Waals surface area contributed by atoms with E-state index in [1.54, 1.807) is 0 Å². The highest BCUT2D eigenvalue weighted by atomic mass is 32.2. The lowest BCUT2D eigenvalue weighted by atomic mass is 10.3. The second-order valence-corrected chi connectivity index (χ2v) is 4.12. The molecule has 1 N–H and O–H groups in total. The number of hydrogen-bond donors (Lipinski definition) is 1. The Bertz CT molecular complexity index is 354. The van der Waals surface area contributed by atoms with Crippen LogP contribution in [0.25, 0.3) is 0 Å². The Morgan fingerprint density at radius 2 is 2.43 bits per heavy atom. The van der Waals surface area contributed by atoms with E-state index in [0.29, 0.717) is 23.5 Å². The maximum Gasteiger partial charge on any atom is 0.338 e. The van der Waals surface area contributed by atoms with Gasteiger partial charge in [0.25, 0.3) is 0 Å². The Hall–Kier alpha value is -1.14. The van der Waals surface area contributed by atoms with E-state index in [1.807, 2.05) is 0 Å². The summed E-state index contributed by atoms with van der Waals surface area (Å²) in [6, 6.07) is 1.46. The van der Waals surface area contributed by atoms with Gasteiger partial charge in [-0.1, -0.05) is 11.8 Å². The van der Waals surface area contributed by atoms with Gasteiger partial charge in [-0.15, -0.1) is 5.10 Å². The first-order chi connectivity index (χ1) is 6.77. The molecule has 0 atom stereocenters. The van der Waals surface area contributed by atoms with Crippen LogP contribution in [0.1, 0.15) is 10.4 Å². The van der Waals surface area contributed by atoms with Crippen LogP contribution in [0.4, 0.5) is 0 Å². The fraction of sp³-hybridized carbons (Fsp3) is 0.375. The van der Waals surface area contributed by atoms with E-state index in [9.17, 15) is 4.79 Å². The third-order valence-electron chi connectivity index (χ3n) is 1.80. The van der Waals surface area contributed by atoms with Gasteiger partial charge in [0.1, 0.15) is 5.03 Å². The molecule has 0 radical (unpaired) electrons. The van der Waals surface area contributed by atoms with Crippen LogP contribution in [0.5, 0.6) is 0 Å². The number of carboxylic acids is 1. The van der Waals surface area contributed by atoms with E-state index < -0.39 is 5.97 Å². The van der Waals surface area contributed by atoms with Crippen molar-refractivity contribution < 1.29 is 14.6 Å². The average molecular weight is 212 g/mol. The van der Waals surface area contributed by atoms with Gasteiger partial charge in [0.2, 0.25) is 0 Å². The molecule has 74 valence electrons. The summed E-state index contributed by atoms with van der Waals surface area (Å²) >= 11 is 1.41. The quantitative estimate of drug-likeness (QED) is 0.793. The molecule has 2 heterocycles. The lowest BCUT2D eigenvalue weighted by Crippen LogP contribution is -2.30. The number of rotatable bonds is 3. The highest BCUT2D eigenvalue weighted by molar-refractivity contribution is 8.00. The molecule has 0 aromatic carbocycles. The van der Waals surface area contributed by atoms with Crippen LogP contribution in [0.3, 0.4) is 0 Å². The minimum Gasteiger partial charge on any atom is -0.478 e. The number of carboxylic acid groups (broad SMARTS) is 1. The van der Waals surface area contributed by atoms with Crippen molar-refractivity contribution in [3.05, 3.63) is 17.8 Å². The van der Waals surface area contributed by atoms with Gasteiger partial charge in [-0.05, 0) is 6.07 Å². The predicted octanol–water partition coefficient (Wildman–Crippen LogP) is 0.666. The summed E-state index contributed by atoms with van der Waals surface area (Å²) in [5.41, 5.74) is 0.205. The summed E-state index contributed by atoms with van der Waals surface area (Å²) in [5, 5.41) is 17.1. The van der Waals surface area contributed by atoms with Crippen LogP contribution >= 0.6 is 11.8 Å². The van der Waals surface area contributed by atoms with Crippen molar-refractivity contribution in [1.82, 2.24) is 10.2 Å². The van der Waals surface area contributed by atoms with Crippen molar-refractivity contribution in [1.29, 1.82) is 0 Å². The van der Waals surface area contributed by atoms with Crippen molar-refractivity contribution in [3.8, 4) is 0 Å². The molecule has 2 rings (SSSR count). The molecule has 0 aliphatic carbocycles. The normalized spacial score (nSPS) is 16.3. The van der Waals surface area contributed by atoms with Crippen molar-refractivity contribution in [2.24, 2.45) is 0 Å². The van der Waals surface area contributed by atoms with E-state index >= 15 is 0 Å².